The Bertz CT molecular complexity index is 360. The molecule has 0 aliphatic heterocycles. The number of aromatic nitrogens is 1. The molecule has 0 spiro atoms. The first-order valence-corrected chi connectivity index (χ1v) is 3.82. The maximum absolute atomic E-state index is 10.7. The van der Waals surface area contributed by atoms with Gasteiger partial charge in [-0.1, -0.05) is 13.8 Å². The van der Waals surface area contributed by atoms with Crippen molar-refractivity contribution in [3.05, 3.63) is 22.2 Å². The molecular weight excluding hydrogens is 174 g/mol. The SMILES string of the molecule is CC(C)(CC(=O)O)c1cc(=O)o[nH]1. The minimum Gasteiger partial charge on any atom is -0.481 e. The number of aromatic amines is 1. The van der Waals surface area contributed by atoms with Crippen LogP contribution in [0.2, 0.25) is 0 Å². The summed E-state index contributed by atoms with van der Waals surface area (Å²) in [4.78, 5) is 21.1. The molecule has 0 atom stereocenters. The summed E-state index contributed by atoms with van der Waals surface area (Å²) in [5.41, 5.74) is -0.605. The summed E-state index contributed by atoms with van der Waals surface area (Å²) in [6, 6.07) is 1.27. The standard InChI is InChI=1S/C8H11NO4/c1-8(2,4-6(10)11)5-3-7(12)13-9-5/h3,9H,4H2,1-2H3,(H,10,11). The molecule has 1 aromatic rings. The Hall–Kier alpha value is -1.52. The van der Waals surface area contributed by atoms with Crippen LogP contribution in [0.1, 0.15) is 26.0 Å². The number of hydrogen-bond acceptors (Lipinski definition) is 3. The zero-order chi connectivity index (χ0) is 10.1. The maximum atomic E-state index is 10.7. The topological polar surface area (TPSA) is 83.3 Å². The Kier molecular flexibility index (Phi) is 2.27. The van der Waals surface area contributed by atoms with Gasteiger partial charge in [0.05, 0.1) is 12.1 Å². The van der Waals surface area contributed by atoms with E-state index in [2.05, 4.69) is 9.68 Å². The molecule has 0 aliphatic carbocycles. The van der Waals surface area contributed by atoms with Crippen molar-refractivity contribution in [2.75, 3.05) is 0 Å². The third kappa shape index (κ3) is 2.21. The van der Waals surface area contributed by atoms with Gasteiger partial charge in [0.1, 0.15) is 0 Å². The van der Waals surface area contributed by atoms with Crippen LogP contribution in [-0.4, -0.2) is 16.2 Å². The van der Waals surface area contributed by atoms with Crippen LogP contribution in [0, 0.1) is 0 Å². The van der Waals surface area contributed by atoms with Crippen molar-refractivity contribution >= 4 is 5.97 Å². The van der Waals surface area contributed by atoms with Gasteiger partial charge in [-0.3, -0.25) is 4.79 Å². The Morgan fingerprint density at radius 3 is 2.69 bits per heavy atom. The summed E-state index contributed by atoms with van der Waals surface area (Å²) in [5, 5.41) is 11.0. The number of aliphatic carboxylic acids is 1. The van der Waals surface area contributed by atoms with E-state index < -0.39 is 17.0 Å². The van der Waals surface area contributed by atoms with Crippen molar-refractivity contribution in [3.8, 4) is 0 Å². The first-order valence-electron chi connectivity index (χ1n) is 3.82. The monoisotopic (exact) mass is 185 g/mol. The maximum Gasteiger partial charge on any atom is 0.357 e. The molecule has 72 valence electrons. The number of carboxylic acid groups (broad SMARTS) is 1. The Morgan fingerprint density at radius 1 is 1.69 bits per heavy atom. The van der Waals surface area contributed by atoms with Crippen molar-refractivity contribution in [1.82, 2.24) is 5.16 Å². The van der Waals surface area contributed by atoms with E-state index in [0.29, 0.717) is 5.69 Å². The van der Waals surface area contributed by atoms with Crippen molar-refractivity contribution in [2.24, 2.45) is 0 Å². The zero-order valence-electron chi connectivity index (χ0n) is 7.46. The largest absolute Gasteiger partial charge is 0.481 e. The minimum absolute atomic E-state index is 0.0531. The van der Waals surface area contributed by atoms with E-state index in [9.17, 15) is 9.59 Å². The van der Waals surface area contributed by atoms with Crippen LogP contribution in [0.4, 0.5) is 0 Å². The fourth-order valence-corrected chi connectivity index (χ4v) is 1.09. The average molecular weight is 185 g/mol. The van der Waals surface area contributed by atoms with E-state index >= 15 is 0 Å². The number of carbonyl (C=O) groups is 1. The molecule has 0 saturated carbocycles. The molecule has 0 radical (unpaired) electrons. The molecule has 0 saturated heterocycles. The number of rotatable bonds is 3. The summed E-state index contributed by atoms with van der Waals surface area (Å²) in [6.07, 6.45) is -0.0531. The summed E-state index contributed by atoms with van der Waals surface area (Å²) >= 11 is 0. The van der Waals surface area contributed by atoms with Gasteiger partial charge in [0, 0.05) is 11.5 Å². The third-order valence-corrected chi connectivity index (χ3v) is 1.85. The molecule has 0 aliphatic rings. The van der Waals surface area contributed by atoms with Crippen LogP contribution < -0.4 is 5.63 Å². The van der Waals surface area contributed by atoms with Gasteiger partial charge in [-0.2, -0.15) is 0 Å². The van der Waals surface area contributed by atoms with Crippen molar-refractivity contribution in [1.29, 1.82) is 0 Å². The molecule has 0 amide bonds. The van der Waals surface area contributed by atoms with Crippen LogP contribution in [-0.2, 0) is 10.2 Å². The Labute approximate surface area is 74.3 Å². The second-order valence-corrected chi connectivity index (χ2v) is 3.54. The van der Waals surface area contributed by atoms with Crippen LogP contribution in [0.15, 0.2) is 15.4 Å². The van der Waals surface area contributed by atoms with Crippen LogP contribution in [0.3, 0.4) is 0 Å². The van der Waals surface area contributed by atoms with Crippen LogP contribution in [0.25, 0.3) is 0 Å². The molecule has 1 heterocycles. The third-order valence-electron chi connectivity index (χ3n) is 1.85. The summed E-state index contributed by atoms with van der Waals surface area (Å²) in [6.45, 7) is 3.45. The molecular formula is C8H11NO4. The second-order valence-electron chi connectivity index (χ2n) is 3.54. The van der Waals surface area contributed by atoms with E-state index in [0.717, 1.165) is 0 Å². The van der Waals surface area contributed by atoms with Gasteiger partial charge in [-0.15, -0.1) is 0 Å². The molecule has 0 bridgehead atoms. The van der Waals surface area contributed by atoms with Gasteiger partial charge in [0.2, 0.25) is 0 Å². The first kappa shape index (κ1) is 9.57. The number of H-pyrrole nitrogens is 1. The second kappa shape index (κ2) is 3.08. The lowest BCUT2D eigenvalue weighted by atomic mass is 9.86. The van der Waals surface area contributed by atoms with Gasteiger partial charge in [0.25, 0.3) is 0 Å². The fourth-order valence-electron chi connectivity index (χ4n) is 1.09. The summed E-state index contributed by atoms with van der Waals surface area (Å²) in [5.74, 6) is -0.910. The lowest BCUT2D eigenvalue weighted by Gasteiger charge is -2.18. The van der Waals surface area contributed by atoms with E-state index in [-0.39, 0.29) is 6.42 Å². The highest BCUT2D eigenvalue weighted by molar-refractivity contribution is 5.68. The van der Waals surface area contributed by atoms with Gasteiger partial charge < -0.3 is 9.63 Å². The lowest BCUT2D eigenvalue weighted by molar-refractivity contribution is -0.138. The minimum atomic E-state index is -0.910. The smallest absolute Gasteiger partial charge is 0.357 e. The van der Waals surface area contributed by atoms with E-state index in [1.807, 2.05) is 0 Å². The number of nitrogens with one attached hydrogen (secondary N) is 1. The molecule has 0 unspecified atom stereocenters. The molecule has 5 nitrogen and oxygen atoms in total. The molecule has 0 aromatic carbocycles. The molecule has 5 heteroatoms. The first-order chi connectivity index (χ1) is 5.92. The molecule has 0 fully saturated rings. The predicted molar refractivity (Wildman–Crippen MR) is 44.6 cm³/mol. The molecule has 1 rings (SSSR count). The van der Waals surface area contributed by atoms with Crippen molar-refractivity contribution < 1.29 is 14.4 Å². The Balaban J connectivity index is 2.92. The molecule has 1 aromatic heterocycles. The van der Waals surface area contributed by atoms with E-state index in [1.54, 1.807) is 13.8 Å². The fraction of sp³-hybridized carbons (Fsp3) is 0.500. The molecule has 2 N–H and O–H groups in total. The predicted octanol–water partition coefficient (Wildman–Crippen LogP) is 0.720. The highest BCUT2D eigenvalue weighted by Crippen LogP contribution is 2.23. The number of hydrogen-bond donors (Lipinski definition) is 2. The Morgan fingerprint density at radius 2 is 2.31 bits per heavy atom. The van der Waals surface area contributed by atoms with Crippen LogP contribution >= 0.6 is 0 Å². The van der Waals surface area contributed by atoms with Gasteiger partial charge in [0.15, 0.2) is 0 Å². The highest BCUT2D eigenvalue weighted by atomic mass is 16.5. The van der Waals surface area contributed by atoms with Gasteiger partial charge in [-0.05, 0) is 0 Å². The average Bonchev–Trinajstić information content (AvgIpc) is 2.32. The van der Waals surface area contributed by atoms with Crippen molar-refractivity contribution in [3.63, 3.8) is 0 Å². The number of carboxylic acids is 1. The van der Waals surface area contributed by atoms with Gasteiger partial charge >= 0.3 is 11.6 Å². The summed E-state index contributed by atoms with van der Waals surface area (Å²) in [7, 11) is 0. The zero-order valence-corrected chi connectivity index (χ0v) is 7.46. The normalized spacial score (nSPS) is 11.5. The van der Waals surface area contributed by atoms with Gasteiger partial charge in [-0.25, -0.2) is 9.95 Å². The van der Waals surface area contributed by atoms with E-state index in [1.165, 1.54) is 6.07 Å². The van der Waals surface area contributed by atoms with Crippen molar-refractivity contribution in [2.45, 2.75) is 25.7 Å². The van der Waals surface area contributed by atoms with E-state index in [4.69, 9.17) is 5.11 Å². The molecule has 13 heavy (non-hydrogen) atoms. The quantitative estimate of drug-likeness (QED) is 0.726. The lowest BCUT2D eigenvalue weighted by Crippen LogP contribution is -2.22. The highest BCUT2D eigenvalue weighted by Gasteiger charge is 2.26. The summed E-state index contributed by atoms with van der Waals surface area (Å²) < 4.78 is 4.46. The van der Waals surface area contributed by atoms with Crippen LogP contribution in [0.5, 0.6) is 0 Å².